The summed E-state index contributed by atoms with van der Waals surface area (Å²) in [6, 6.07) is 0. The van der Waals surface area contributed by atoms with Crippen molar-refractivity contribution in [2.24, 2.45) is 5.92 Å². The first kappa shape index (κ1) is 9.43. The Morgan fingerprint density at radius 1 is 1.54 bits per heavy atom. The molecule has 1 aliphatic rings. The number of nitrogens with zero attached hydrogens (tertiary/aromatic N) is 2. The van der Waals surface area contributed by atoms with Crippen LogP contribution in [0.1, 0.15) is 12.8 Å². The second-order valence-electron chi connectivity index (χ2n) is 3.21. The van der Waals surface area contributed by atoms with Gasteiger partial charge in [0.15, 0.2) is 4.34 Å². The molecular formula is C8H13N3S2. The highest BCUT2D eigenvalue weighted by Gasteiger charge is 2.13. The number of rotatable bonds is 3. The van der Waals surface area contributed by atoms with Gasteiger partial charge in [-0.1, -0.05) is 23.1 Å². The number of hydrogen-bond donors (Lipinski definition) is 1. The summed E-state index contributed by atoms with van der Waals surface area (Å²) in [5, 5.41) is 11.2. The molecule has 1 fully saturated rings. The molecule has 0 aliphatic carbocycles. The van der Waals surface area contributed by atoms with Gasteiger partial charge in [-0.25, -0.2) is 0 Å². The number of hydrogen-bond acceptors (Lipinski definition) is 5. The second-order valence-corrected chi connectivity index (χ2v) is 5.31. The molecule has 1 aromatic rings. The van der Waals surface area contributed by atoms with E-state index in [9.17, 15) is 0 Å². The SMILES string of the molecule is c1nnc(SCC2CCNCC2)s1. The summed E-state index contributed by atoms with van der Waals surface area (Å²) >= 11 is 3.49. The maximum absolute atomic E-state index is 4.02. The van der Waals surface area contributed by atoms with E-state index in [4.69, 9.17) is 0 Å². The van der Waals surface area contributed by atoms with E-state index in [0.717, 1.165) is 10.3 Å². The summed E-state index contributed by atoms with van der Waals surface area (Å²) in [6.45, 7) is 2.36. The largest absolute Gasteiger partial charge is 0.317 e. The van der Waals surface area contributed by atoms with E-state index in [1.54, 1.807) is 16.8 Å². The molecule has 0 bridgehead atoms. The average Bonchev–Trinajstić information content (AvgIpc) is 2.69. The first-order valence-corrected chi connectivity index (χ1v) is 6.41. The van der Waals surface area contributed by atoms with Crippen molar-refractivity contribution >= 4 is 23.1 Å². The zero-order valence-electron chi connectivity index (χ0n) is 7.40. The van der Waals surface area contributed by atoms with E-state index in [1.807, 2.05) is 11.8 Å². The lowest BCUT2D eigenvalue weighted by molar-refractivity contribution is 0.408. The predicted octanol–water partition coefficient (Wildman–Crippen LogP) is 1.63. The van der Waals surface area contributed by atoms with Gasteiger partial charge in [0, 0.05) is 5.75 Å². The van der Waals surface area contributed by atoms with Crippen LogP contribution in [0.15, 0.2) is 9.85 Å². The van der Waals surface area contributed by atoms with Gasteiger partial charge < -0.3 is 5.32 Å². The Morgan fingerprint density at radius 3 is 3.08 bits per heavy atom. The molecular weight excluding hydrogens is 202 g/mol. The number of aromatic nitrogens is 2. The highest BCUT2D eigenvalue weighted by molar-refractivity contribution is 8.01. The molecule has 2 rings (SSSR count). The average molecular weight is 215 g/mol. The quantitative estimate of drug-likeness (QED) is 0.778. The lowest BCUT2D eigenvalue weighted by atomic mass is 10.0. The van der Waals surface area contributed by atoms with Crippen molar-refractivity contribution in [3.05, 3.63) is 5.51 Å². The van der Waals surface area contributed by atoms with Crippen LogP contribution in [0.2, 0.25) is 0 Å². The third-order valence-electron chi connectivity index (χ3n) is 2.24. The molecule has 0 spiro atoms. The van der Waals surface area contributed by atoms with Gasteiger partial charge >= 0.3 is 0 Å². The summed E-state index contributed by atoms with van der Waals surface area (Å²) in [5.41, 5.74) is 1.80. The zero-order valence-corrected chi connectivity index (χ0v) is 9.03. The number of thioether (sulfide) groups is 1. The first-order chi connectivity index (χ1) is 6.45. The summed E-state index contributed by atoms with van der Waals surface area (Å²) < 4.78 is 1.11. The fraction of sp³-hybridized carbons (Fsp3) is 0.750. The highest BCUT2D eigenvalue weighted by atomic mass is 32.2. The van der Waals surface area contributed by atoms with Gasteiger partial charge in [-0.3, -0.25) is 0 Å². The van der Waals surface area contributed by atoms with Crippen LogP contribution in [0, 0.1) is 5.92 Å². The lowest BCUT2D eigenvalue weighted by Gasteiger charge is -2.21. The van der Waals surface area contributed by atoms with Gasteiger partial charge in [-0.15, -0.1) is 10.2 Å². The second kappa shape index (κ2) is 4.93. The molecule has 0 unspecified atom stereocenters. The van der Waals surface area contributed by atoms with Crippen molar-refractivity contribution in [2.75, 3.05) is 18.8 Å². The minimum absolute atomic E-state index is 0.871. The smallest absolute Gasteiger partial charge is 0.174 e. The fourth-order valence-corrected chi connectivity index (χ4v) is 3.16. The van der Waals surface area contributed by atoms with Gasteiger partial charge in [0.25, 0.3) is 0 Å². The highest BCUT2D eigenvalue weighted by Crippen LogP contribution is 2.25. The van der Waals surface area contributed by atoms with Crippen LogP contribution in [0.5, 0.6) is 0 Å². The van der Waals surface area contributed by atoms with Crippen LogP contribution in [-0.4, -0.2) is 29.0 Å². The Kier molecular flexibility index (Phi) is 3.57. The van der Waals surface area contributed by atoms with E-state index in [-0.39, 0.29) is 0 Å². The zero-order chi connectivity index (χ0) is 8.93. The van der Waals surface area contributed by atoms with E-state index in [2.05, 4.69) is 15.5 Å². The molecule has 13 heavy (non-hydrogen) atoms. The molecule has 1 aromatic heterocycles. The van der Waals surface area contributed by atoms with Gasteiger partial charge in [-0.05, 0) is 31.8 Å². The standard InChI is InChI=1S/C8H13N3S2/c1-3-9-4-2-7(1)5-12-8-11-10-6-13-8/h6-7,9H,1-5H2. The van der Waals surface area contributed by atoms with Crippen molar-refractivity contribution < 1.29 is 0 Å². The van der Waals surface area contributed by atoms with E-state index in [1.165, 1.54) is 31.7 Å². The molecule has 0 atom stereocenters. The lowest BCUT2D eigenvalue weighted by Crippen LogP contribution is -2.28. The number of nitrogens with one attached hydrogen (secondary N) is 1. The van der Waals surface area contributed by atoms with Crippen LogP contribution in [0.4, 0.5) is 0 Å². The summed E-state index contributed by atoms with van der Waals surface area (Å²) in [5.74, 6) is 2.08. The summed E-state index contributed by atoms with van der Waals surface area (Å²) in [4.78, 5) is 0. The number of piperidine rings is 1. The van der Waals surface area contributed by atoms with Crippen molar-refractivity contribution in [1.82, 2.24) is 15.5 Å². The Bertz CT molecular complexity index is 232. The monoisotopic (exact) mass is 215 g/mol. The topological polar surface area (TPSA) is 37.8 Å². The van der Waals surface area contributed by atoms with Crippen molar-refractivity contribution in [2.45, 2.75) is 17.2 Å². The van der Waals surface area contributed by atoms with Gasteiger partial charge in [0.1, 0.15) is 5.51 Å². The molecule has 0 aromatic carbocycles. The summed E-state index contributed by atoms with van der Waals surface area (Å²) in [7, 11) is 0. The Hall–Kier alpha value is -0.130. The fourth-order valence-electron chi connectivity index (χ4n) is 1.46. The van der Waals surface area contributed by atoms with E-state index >= 15 is 0 Å². The molecule has 2 heterocycles. The molecule has 3 nitrogen and oxygen atoms in total. The third-order valence-corrected chi connectivity index (χ3v) is 4.33. The van der Waals surface area contributed by atoms with Crippen LogP contribution in [-0.2, 0) is 0 Å². The Balaban J connectivity index is 1.72. The summed E-state index contributed by atoms with van der Waals surface area (Å²) in [6.07, 6.45) is 2.62. The van der Waals surface area contributed by atoms with Gasteiger partial charge in [-0.2, -0.15) is 0 Å². The minimum atomic E-state index is 0.871. The maximum Gasteiger partial charge on any atom is 0.174 e. The van der Waals surface area contributed by atoms with Crippen LogP contribution in [0.3, 0.4) is 0 Å². The molecule has 1 aliphatic heterocycles. The van der Waals surface area contributed by atoms with Gasteiger partial charge in [0.2, 0.25) is 0 Å². The maximum atomic E-state index is 4.02. The molecule has 0 saturated carbocycles. The minimum Gasteiger partial charge on any atom is -0.317 e. The van der Waals surface area contributed by atoms with Crippen LogP contribution >= 0.6 is 23.1 Å². The molecule has 5 heteroatoms. The molecule has 72 valence electrons. The van der Waals surface area contributed by atoms with Crippen LogP contribution < -0.4 is 5.32 Å². The van der Waals surface area contributed by atoms with Crippen molar-refractivity contribution in [3.8, 4) is 0 Å². The first-order valence-electron chi connectivity index (χ1n) is 4.55. The normalized spacial score (nSPS) is 19.1. The van der Waals surface area contributed by atoms with Crippen molar-refractivity contribution in [3.63, 3.8) is 0 Å². The third kappa shape index (κ3) is 2.93. The van der Waals surface area contributed by atoms with Gasteiger partial charge in [0.05, 0.1) is 0 Å². The molecule has 0 radical (unpaired) electrons. The van der Waals surface area contributed by atoms with E-state index < -0.39 is 0 Å². The van der Waals surface area contributed by atoms with Crippen molar-refractivity contribution in [1.29, 1.82) is 0 Å². The predicted molar refractivity (Wildman–Crippen MR) is 56.2 cm³/mol. The van der Waals surface area contributed by atoms with E-state index in [0.29, 0.717) is 0 Å². The molecule has 1 N–H and O–H groups in total. The molecule has 0 amide bonds. The Labute approximate surface area is 86.3 Å². The van der Waals surface area contributed by atoms with Crippen LogP contribution in [0.25, 0.3) is 0 Å². The Morgan fingerprint density at radius 2 is 2.38 bits per heavy atom. The molecule has 1 saturated heterocycles.